The van der Waals surface area contributed by atoms with Crippen molar-refractivity contribution < 1.29 is 0 Å². The minimum absolute atomic E-state index is 0.740. The van der Waals surface area contributed by atoms with Crippen molar-refractivity contribution in [3.63, 3.8) is 0 Å². The van der Waals surface area contributed by atoms with Crippen LogP contribution in [0.3, 0.4) is 0 Å². The molecule has 1 saturated heterocycles. The van der Waals surface area contributed by atoms with Gasteiger partial charge in [0.2, 0.25) is 0 Å². The minimum Gasteiger partial charge on any atom is -0.371 e. The quantitative estimate of drug-likeness (QED) is 0.697. The maximum absolute atomic E-state index is 8.72. The zero-order valence-corrected chi connectivity index (χ0v) is 9.11. The summed E-state index contributed by atoms with van der Waals surface area (Å²) < 4.78 is 0. The first kappa shape index (κ1) is 10.0. The van der Waals surface area contributed by atoms with Crippen LogP contribution in [0.2, 0.25) is 0 Å². The van der Waals surface area contributed by atoms with Crippen LogP contribution in [0.15, 0.2) is 24.3 Å². The molecule has 1 aliphatic rings. The SMILES string of the molecule is C[C@@H]1CCCN(c2ccc(C#N)cc2)C1. The second kappa shape index (κ2) is 4.35. The molecular weight excluding hydrogens is 184 g/mol. The highest BCUT2D eigenvalue weighted by molar-refractivity contribution is 5.49. The molecular formula is C13H16N2. The van der Waals surface area contributed by atoms with Gasteiger partial charge in [-0.1, -0.05) is 6.92 Å². The van der Waals surface area contributed by atoms with Crippen LogP contribution in [-0.4, -0.2) is 13.1 Å². The zero-order valence-electron chi connectivity index (χ0n) is 9.11. The molecule has 2 nitrogen and oxygen atoms in total. The van der Waals surface area contributed by atoms with Crippen molar-refractivity contribution in [2.24, 2.45) is 5.92 Å². The van der Waals surface area contributed by atoms with E-state index in [1.807, 2.05) is 12.1 Å². The number of hydrogen-bond donors (Lipinski definition) is 0. The first-order valence-electron chi connectivity index (χ1n) is 5.54. The first-order chi connectivity index (χ1) is 7.29. The third-order valence-electron chi connectivity index (χ3n) is 3.02. The van der Waals surface area contributed by atoms with Gasteiger partial charge in [0.05, 0.1) is 11.6 Å². The van der Waals surface area contributed by atoms with E-state index in [9.17, 15) is 0 Å². The van der Waals surface area contributed by atoms with Crippen molar-refractivity contribution in [3.05, 3.63) is 29.8 Å². The number of nitriles is 1. The summed E-state index contributed by atoms with van der Waals surface area (Å²) in [4.78, 5) is 2.41. The highest BCUT2D eigenvalue weighted by Gasteiger charge is 2.16. The van der Waals surface area contributed by atoms with Crippen molar-refractivity contribution in [3.8, 4) is 6.07 Å². The standard InChI is InChI=1S/C13H16N2/c1-11-3-2-8-15(10-11)13-6-4-12(9-14)5-7-13/h4-7,11H,2-3,8,10H2,1H3/t11-/m1/s1. The van der Waals surface area contributed by atoms with Crippen molar-refractivity contribution >= 4 is 5.69 Å². The van der Waals surface area contributed by atoms with Crippen molar-refractivity contribution in [2.75, 3.05) is 18.0 Å². The van der Waals surface area contributed by atoms with E-state index in [2.05, 4.69) is 30.0 Å². The van der Waals surface area contributed by atoms with E-state index in [0.29, 0.717) is 0 Å². The molecule has 1 fully saturated rings. The average Bonchev–Trinajstić information content (AvgIpc) is 2.29. The first-order valence-corrected chi connectivity index (χ1v) is 5.54. The smallest absolute Gasteiger partial charge is 0.0991 e. The molecule has 0 amide bonds. The van der Waals surface area contributed by atoms with Gasteiger partial charge in [-0.3, -0.25) is 0 Å². The summed E-state index contributed by atoms with van der Waals surface area (Å²) in [5, 5.41) is 8.72. The van der Waals surface area contributed by atoms with Crippen molar-refractivity contribution in [1.82, 2.24) is 0 Å². The summed E-state index contributed by atoms with van der Waals surface area (Å²) in [6, 6.07) is 10.0. The summed E-state index contributed by atoms with van der Waals surface area (Å²) in [7, 11) is 0. The molecule has 2 heteroatoms. The Balaban J connectivity index is 2.12. The third kappa shape index (κ3) is 2.30. The van der Waals surface area contributed by atoms with Crippen molar-refractivity contribution in [2.45, 2.75) is 19.8 Å². The predicted octanol–water partition coefficient (Wildman–Crippen LogP) is 2.79. The van der Waals surface area contributed by atoms with Gasteiger partial charge < -0.3 is 4.90 Å². The van der Waals surface area contributed by atoms with Gasteiger partial charge >= 0.3 is 0 Å². The van der Waals surface area contributed by atoms with Crippen LogP contribution in [0.25, 0.3) is 0 Å². The molecule has 0 N–H and O–H groups in total. The van der Waals surface area contributed by atoms with E-state index in [-0.39, 0.29) is 0 Å². The van der Waals surface area contributed by atoms with Gasteiger partial charge in [-0.15, -0.1) is 0 Å². The van der Waals surface area contributed by atoms with Crippen LogP contribution in [0.4, 0.5) is 5.69 Å². The molecule has 0 saturated carbocycles. The van der Waals surface area contributed by atoms with Gasteiger partial charge in [0.1, 0.15) is 0 Å². The second-order valence-corrected chi connectivity index (χ2v) is 4.35. The van der Waals surface area contributed by atoms with Gasteiger partial charge in [-0.05, 0) is 43.0 Å². The van der Waals surface area contributed by atoms with Gasteiger partial charge in [0.25, 0.3) is 0 Å². The molecule has 0 bridgehead atoms. The predicted molar refractivity (Wildman–Crippen MR) is 61.8 cm³/mol. The van der Waals surface area contributed by atoms with Crippen LogP contribution in [0.5, 0.6) is 0 Å². The Kier molecular flexibility index (Phi) is 2.91. The average molecular weight is 200 g/mol. The van der Waals surface area contributed by atoms with Crippen LogP contribution >= 0.6 is 0 Å². The molecule has 1 heterocycles. The van der Waals surface area contributed by atoms with Crippen LogP contribution in [-0.2, 0) is 0 Å². The van der Waals surface area contributed by atoms with Crippen molar-refractivity contribution in [1.29, 1.82) is 5.26 Å². The Morgan fingerprint density at radius 1 is 1.33 bits per heavy atom. The van der Waals surface area contributed by atoms with Gasteiger partial charge in [0, 0.05) is 18.8 Å². The van der Waals surface area contributed by atoms with Gasteiger partial charge in [-0.2, -0.15) is 5.26 Å². The molecule has 1 atom stereocenters. The molecule has 78 valence electrons. The van der Waals surface area contributed by atoms with E-state index < -0.39 is 0 Å². The molecule has 2 rings (SSSR count). The van der Waals surface area contributed by atoms with Crippen LogP contribution < -0.4 is 4.90 Å². The molecule has 0 aromatic heterocycles. The molecule has 1 aromatic carbocycles. The Morgan fingerprint density at radius 2 is 2.07 bits per heavy atom. The lowest BCUT2D eigenvalue weighted by atomic mass is 9.99. The number of rotatable bonds is 1. The third-order valence-corrected chi connectivity index (χ3v) is 3.02. The van der Waals surface area contributed by atoms with E-state index >= 15 is 0 Å². The number of piperidine rings is 1. The maximum atomic E-state index is 8.72. The van der Waals surface area contributed by atoms with Gasteiger partial charge in [0.15, 0.2) is 0 Å². The largest absolute Gasteiger partial charge is 0.371 e. The molecule has 0 radical (unpaired) electrons. The van der Waals surface area contributed by atoms with E-state index in [1.165, 1.54) is 18.5 Å². The lowest BCUT2D eigenvalue weighted by molar-refractivity contribution is 0.447. The molecule has 0 unspecified atom stereocenters. The number of hydrogen-bond acceptors (Lipinski definition) is 2. The highest BCUT2D eigenvalue weighted by atomic mass is 15.1. The summed E-state index contributed by atoms with van der Waals surface area (Å²) >= 11 is 0. The minimum atomic E-state index is 0.740. The van der Waals surface area contributed by atoms with E-state index in [0.717, 1.165) is 24.6 Å². The fraction of sp³-hybridized carbons (Fsp3) is 0.462. The molecule has 1 aliphatic heterocycles. The molecule has 1 aromatic rings. The summed E-state index contributed by atoms with van der Waals surface area (Å²) in [5.74, 6) is 0.786. The fourth-order valence-corrected chi connectivity index (χ4v) is 2.17. The Hall–Kier alpha value is -1.49. The lowest BCUT2D eigenvalue weighted by Gasteiger charge is -2.32. The van der Waals surface area contributed by atoms with Crippen LogP contribution in [0.1, 0.15) is 25.3 Å². The normalized spacial score (nSPS) is 21.1. The summed E-state index contributed by atoms with van der Waals surface area (Å²) in [6.45, 7) is 4.60. The summed E-state index contributed by atoms with van der Waals surface area (Å²) in [5.41, 5.74) is 1.99. The van der Waals surface area contributed by atoms with Crippen LogP contribution in [0, 0.1) is 17.2 Å². The Labute approximate surface area is 91.1 Å². The molecule has 15 heavy (non-hydrogen) atoms. The number of benzene rings is 1. The second-order valence-electron chi connectivity index (χ2n) is 4.35. The highest BCUT2D eigenvalue weighted by Crippen LogP contribution is 2.22. The number of anilines is 1. The van der Waals surface area contributed by atoms with E-state index in [1.54, 1.807) is 0 Å². The topological polar surface area (TPSA) is 27.0 Å². The summed E-state index contributed by atoms with van der Waals surface area (Å²) in [6.07, 6.45) is 2.62. The number of nitrogens with zero attached hydrogens (tertiary/aromatic N) is 2. The van der Waals surface area contributed by atoms with Gasteiger partial charge in [-0.25, -0.2) is 0 Å². The maximum Gasteiger partial charge on any atom is 0.0991 e. The fourth-order valence-electron chi connectivity index (χ4n) is 2.17. The molecule has 0 spiro atoms. The Morgan fingerprint density at radius 3 is 2.67 bits per heavy atom. The lowest BCUT2D eigenvalue weighted by Crippen LogP contribution is -2.34. The molecule has 0 aliphatic carbocycles. The monoisotopic (exact) mass is 200 g/mol. The van der Waals surface area contributed by atoms with E-state index in [4.69, 9.17) is 5.26 Å². The Bertz CT molecular complexity index is 361. The zero-order chi connectivity index (χ0) is 10.7.